The van der Waals surface area contributed by atoms with Crippen LogP contribution in [0, 0.1) is 5.92 Å². The summed E-state index contributed by atoms with van der Waals surface area (Å²) >= 11 is 0. The van der Waals surface area contributed by atoms with Gasteiger partial charge in [0.1, 0.15) is 5.78 Å². The highest BCUT2D eigenvalue weighted by atomic mass is 16.5. The van der Waals surface area contributed by atoms with Crippen molar-refractivity contribution in [3.8, 4) is 0 Å². The zero-order valence-electron chi connectivity index (χ0n) is 9.34. The molecular weight excluding hydrogens is 180 g/mol. The van der Waals surface area contributed by atoms with Gasteiger partial charge in [-0.25, -0.2) is 0 Å². The zero-order chi connectivity index (χ0) is 11.0. The van der Waals surface area contributed by atoms with Crippen LogP contribution in [0.4, 0.5) is 0 Å². The number of esters is 1. The molecule has 0 radical (unpaired) electrons. The maximum Gasteiger partial charge on any atom is 0.302 e. The van der Waals surface area contributed by atoms with E-state index in [9.17, 15) is 9.59 Å². The fourth-order valence-corrected chi connectivity index (χ4v) is 1.44. The fourth-order valence-electron chi connectivity index (χ4n) is 1.44. The van der Waals surface area contributed by atoms with E-state index in [2.05, 4.69) is 6.92 Å². The van der Waals surface area contributed by atoms with Gasteiger partial charge < -0.3 is 9.53 Å². The molecule has 0 aromatic heterocycles. The molecule has 0 aliphatic rings. The minimum absolute atomic E-state index is 0.232. The van der Waals surface area contributed by atoms with Gasteiger partial charge in [0.05, 0.1) is 6.61 Å². The van der Waals surface area contributed by atoms with Crippen molar-refractivity contribution in [2.24, 2.45) is 5.92 Å². The molecule has 0 aliphatic carbocycles. The standard InChI is InChI=1S/C11H20O3/c1-4-11(8-9(2)12)6-5-7-14-10(3)13/h11H,4-8H2,1-3H3/t11-/m0/s1. The van der Waals surface area contributed by atoms with E-state index < -0.39 is 0 Å². The van der Waals surface area contributed by atoms with E-state index in [-0.39, 0.29) is 11.8 Å². The highest BCUT2D eigenvalue weighted by Crippen LogP contribution is 2.15. The average molecular weight is 200 g/mol. The van der Waals surface area contributed by atoms with Crippen molar-refractivity contribution in [2.45, 2.75) is 46.5 Å². The van der Waals surface area contributed by atoms with Gasteiger partial charge in [0, 0.05) is 13.3 Å². The first-order chi connectivity index (χ1) is 6.56. The Morgan fingerprint density at radius 2 is 1.93 bits per heavy atom. The third-order valence-electron chi connectivity index (χ3n) is 2.22. The Balaban J connectivity index is 3.52. The Labute approximate surface area is 85.8 Å². The third-order valence-corrected chi connectivity index (χ3v) is 2.22. The molecule has 3 heteroatoms. The number of rotatable bonds is 7. The van der Waals surface area contributed by atoms with Crippen molar-refractivity contribution in [3.05, 3.63) is 0 Å². The predicted molar refractivity (Wildman–Crippen MR) is 54.9 cm³/mol. The fraction of sp³-hybridized carbons (Fsp3) is 0.818. The molecule has 0 aliphatic heterocycles. The van der Waals surface area contributed by atoms with Crippen LogP contribution in [0.25, 0.3) is 0 Å². The Kier molecular flexibility index (Phi) is 7.07. The van der Waals surface area contributed by atoms with Crippen molar-refractivity contribution in [1.29, 1.82) is 0 Å². The molecule has 0 fully saturated rings. The Bertz CT molecular complexity index is 187. The van der Waals surface area contributed by atoms with Crippen molar-refractivity contribution in [2.75, 3.05) is 6.61 Å². The lowest BCUT2D eigenvalue weighted by atomic mass is 9.95. The van der Waals surface area contributed by atoms with Crippen LogP contribution in [-0.4, -0.2) is 18.4 Å². The summed E-state index contributed by atoms with van der Waals surface area (Å²) in [5, 5.41) is 0. The lowest BCUT2D eigenvalue weighted by Crippen LogP contribution is -2.07. The third kappa shape index (κ3) is 7.77. The summed E-state index contributed by atoms with van der Waals surface area (Å²) in [5.41, 5.74) is 0. The first kappa shape index (κ1) is 13.1. The van der Waals surface area contributed by atoms with E-state index >= 15 is 0 Å². The van der Waals surface area contributed by atoms with Crippen LogP contribution >= 0.6 is 0 Å². The first-order valence-electron chi connectivity index (χ1n) is 5.19. The Morgan fingerprint density at radius 1 is 1.29 bits per heavy atom. The van der Waals surface area contributed by atoms with Gasteiger partial charge in [-0.3, -0.25) is 4.79 Å². The molecule has 1 atom stereocenters. The normalized spacial score (nSPS) is 12.2. The van der Waals surface area contributed by atoms with Crippen LogP contribution < -0.4 is 0 Å². The number of ketones is 1. The first-order valence-corrected chi connectivity index (χ1v) is 5.19. The largest absolute Gasteiger partial charge is 0.466 e. The van der Waals surface area contributed by atoms with E-state index in [1.54, 1.807) is 6.92 Å². The molecule has 0 aromatic carbocycles. The Hall–Kier alpha value is -0.860. The summed E-state index contributed by atoms with van der Waals surface area (Å²) in [5.74, 6) is 0.456. The highest BCUT2D eigenvalue weighted by Gasteiger charge is 2.08. The van der Waals surface area contributed by atoms with Crippen LogP contribution in [-0.2, 0) is 14.3 Å². The maximum atomic E-state index is 10.9. The summed E-state index contributed by atoms with van der Waals surface area (Å²) in [6, 6.07) is 0. The summed E-state index contributed by atoms with van der Waals surface area (Å²) in [6.07, 6.45) is 3.48. The van der Waals surface area contributed by atoms with Gasteiger partial charge in [0.2, 0.25) is 0 Å². The van der Waals surface area contributed by atoms with Crippen molar-refractivity contribution in [3.63, 3.8) is 0 Å². The molecule has 0 rings (SSSR count). The molecule has 3 nitrogen and oxygen atoms in total. The van der Waals surface area contributed by atoms with Crippen molar-refractivity contribution in [1.82, 2.24) is 0 Å². The van der Waals surface area contributed by atoms with Crippen LogP contribution in [0.15, 0.2) is 0 Å². The molecule has 0 spiro atoms. The number of Topliss-reactive ketones (excluding diaryl/α,β-unsaturated/α-hetero) is 1. The summed E-state index contributed by atoms with van der Waals surface area (Å²) in [7, 11) is 0. The summed E-state index contributed by atoms with van der Waals surface area (Å²) in [4.78, 5) is 21.3. The molecular formula is C11H20O3. The van der Waals surface area contributed by atoms with Gasteiger partial charge in [-0.2, -0.15) is 0 Å². The van der Waals surface area contributed by atoms with Gasteiger partial charge in [0.15, 0.2) is 0 Å². The smallest absolute Gasteiger partial charge is 0.302 e. The van der Waals surface area contributed by atoms with Gasteiger partial charge in [0.25, 0.3) is 0 Å². The van der Waals surface area contributed by atoms with Gasteiger partial charge in [-0.05, 0) is 25.7 Å². The van der Waals surface area contributed by atoms with E-state index in [1.807, 2.05) is 0 Å². The Morgan fingerprint density at radius 3 is 2.36 bits per heavy atom. The SMILES string of the molecule is CC[C@@H](CCCOC(C)=O)CC(C)=O. The number of hydrogen-bond acceptors (Lipinski definition) is 3. The number of ether oxygens (including phenoxy) is 1. The topological polar surface area (TPSA) is 43.4 Å². The number of carbonyl (C=O) groups excluding carboxylic acids is 2. The minimum Gasteiger partial charge on any atom is -0.466 e. The second-order valence-electron chi connectivity index (χ2n) is 3.66. The van der Waals surface area contributed by atoms with Crippen LogP contribution in [0.2, 0.25) is 0 Å². The maximum absolute atomic E-state index is 10.9. The molecule has 82 valence electrons. The molecule has 0 amide bonds. The number of hydrogen-bond donors (Lipinski definition) is 0. The average Bonchev–Trinajstić information content (AvgIpc) is 2.09. The van der Waals surface area contributed by atoms with E-state index in [4.69, 9.17) is 4.74 Å². The molecule has 0 bridgehead atoms. The van der Waals surface area contributed by atoms with E-state index in [0.29, 0.717) is 18.9 Å². The molecule has 0 aromatic rings. The van der Waals surface area contributed by atoms with Crippen LogP contribution in [0.5, 0.6) is 0 Å². The lowest BCUT2D eigenvalue weighted by molar-refractivity contribution is -0.141. The summed E-state index contributed by atoms with van der Waals surface area (Å²) in [6.45, 7) is 5.59. The lowest BCUT2D eigenvalue weighted by Gasteiger charge is -2.12. The van der Waals surface area contributed by atoms with E-state index in [1.165, 1.54) is 6.92 Å². The van der Waals surface area contributed by atoms with Crippen molar-refractivity contribution >= 4 is 11.8 Å². The molecule has 0 heterocycles. The van der Waals surface area contributed by atoms with Crippen LogP contribution in [0.1, 0.15) is 46.5 Å². The predicted octanol–water partition coefficient (Wildman–Crippen LogP) is 2.33. The molecule has 0 saturated carbocycles. The second kappa shape index (κ2) is 7.54. The van der Waals surface area contributed by atoms with Crippen LogP contribution in [0.3, 0.4) is 0 Å². The highest BCUT2D eigenvalue weighted by molar-refractivity contribution is 5.75. The molecule has 14 heavy (non-hydrogen) atoms. The quantitative estimate of drug-likeness (QED) is 0.468. The monoisotopic (exact) mass is 200 g/mol. The van der Waals surface area contributed by atoms with Gasteiger partial charge in [-0.1, -0.05) is 13.3 Å². The minimum atomic E-state index is -0.232. The summed E-state index contributed by atoms with van der Waals surface area (Å²) < 4.78 is 4.82. The van der Waals surface area contributed by atoms with E-state index in [0.717, 1.165) is 19.3 Å². The van der Waals surface area contributed by atoms with Crippen molar-refractivity contribution < 1.29 is 14.3 Å². The second-order valence-corrected chi connectivity index (χ2v) is 3.66. The van der Waals surface area contributed by atoms with Gasteiger partial charge in [-0.15, -0.1) is 0 Å². The molecule has 0 unspecified atom stereocenters. The zero-order valence-corrected chi connectivity index (χ0v) is 9.34. The molecule has 0 N–H and O–H groups in total. The number of carbonyl (C=O) groups is 2. The van der Waals surface area contributed by atoms with Gasteiger partial charge >= 0.3 is 5.97 Å². The molecule has 0 saturated heterocycles.